The molecule has 12 nitrogen and oxygen atoms in total. The molecule has 5 rings (SSSR count). The number of nitrogens with two attached hydrogens (primary N) is 1. The van der Waals surface area contributed by atoms with Crippen LogP contribution in [0.5, 0.6) is 0 Å². The fraction of sp³-hybridized carbons (Fsp3) is 0.333. The molecule has 2 unspecified atom stereocenters. The molecule has 12 heteroatoms. The number of hydrogen-bond acceptors (Lipinski definition) is 8. The number of hydrogen-bond donors (Lipinski definition) is 3. The van der Waals surface area contributed by atoms with Crippen LogP contribution in [0, 0.1) is 5.41 Å². The summed E-state index contributed by atoms with van der Waals surface area (Å²) in [5.41, 5.74) is 9.10. The van der Waals surface area contributed by atoms with Gasteiger partial charge in [-0.1, -0.05) is 30.3 Å². The van der Waals surface area contributed by atoms with E-state index in [0.717, 1.165) is 23.9 Å². The number of rotatable bonds is 8. The lowest BCUT2D eigenvalue weighted by Gasteiger charge is -2.39. The summed E-state index contributed by atoms with van der Waals surface area (Å²) < 4.78 is 7.19. The highest BCUT2D eigenvalue weighted by molar-refractivity contribution is 6.11. The number of likely N-dealkylation sites (N-methyl/N-ethyl adjacent to an activating group) is 1. The Balaban J connectivity index is 1.41. The second kappa shape index (κ2) is 12.9. The van der Waals surface area contributed by atoms with E-state index in [0.29, 0.717) is 41.1 Å². The fourth-order valence-electron chi connectivity index (χ4n) is 5.65. The van der Waals surface area contributed by atoms with E-state index < -0.39 is 23.6 Å². The molecule has 2 atom stereocenters. The number of carbonyl (C=O) groups excluding carboxylic acids is 3. The van der Waals surface area contributed by atoms with Crippen LogP contribution in [0.1, 0.15) is 65.6 Å². The number of aryl methyl sites for hydroxylation is 1. The predicted molar refractivity (Wildman–Crippen MR) is 170 cm³/mol. The zero-order valence-corrected chi connectivity index (χ0v) is 25.9. The number of aromatic nitrogens is 3. The lowest BCUT2D eigenvalue weighted by Crippen LogP contribution is -2.55. The van der Waals surface area contributed by atoms with E-state index in [-0.39, 0.29) is 18.3 Å². The lowest BCUT2D eigenvalue weighted by atomic mass is 9.88. The van der Waals surface area contributed by atoms with E-state index in [1.54, 1.807) is 68.4 Å². The van der Waals surface area contributed by atoms with E-state index in [4.69, 9.17) is 20.9 Å². The molecule has 1 aliphatic rings. The van der Waals surface area contributed by atoms with Gasteiger partial charge in [-0.25, -0.2) is 9.78 Å². The number of benzene rings is 2. The number of amidine groups is 1. The Kier molecular flexibility index (Phi) is 8.96. The highest BCUT2D eigenvalue weighted by atomic mass is 16.6. The number of likely N-dealkylation sites (tertiary alicyclic amines) is 1. The molecule has 234 valence electrons. The molecule has 0 aliphatic carbocycles. The molecule has 2 aromatic carbocycles. The van der Waals surface area contributed by atoms with Gasteiger partial charge in [0.2, 0.25) is 0 Å². The predicted octanol–water partition coefficient (Wildman–Crippen LogP) is 3.70. The molecule has 1 saturated heterocycles. The van der Waals surface area contributed by atoms with Gasteiger partial charge in [0, 0.05) is 45.1 Å². The molecule has 0 radical (unpaired) electrons. The van der Waals surface area contributed by atoms with Crippen LogP contribution in [0.4, 0.5) is 4.79 Å². The Morgan fingerprint density at radius 3 is 2.47 bits per heavy atom. The van der Waals surface area contributed by atoms with Crippen molar-refractivity contribution < 1.29 is 19.1 Å². The average molecular weight is 611 g/mol. The maximum atomic E-state index is 13.9. The number of amides is 3. The Bertz CT molecular complexity index is 1730. The molecule has 4 aromatic rings. The Morgan fingerprint density at radius 1 is 1.11 bits per heavy atom. The molecule has 2 aromatic heterocycles. The number of pyridine rings is 1. The number of nitrogens with one attached hydrogen (secondary N) is 2. The standard InChI is InChI=1S/C33H38N8O4/c1-5-45-32(44)40(4)33(2,31(43)41-17-6-7-18-41)24-14-15-26-25(19-24)37-29(39(26)3)27(34)21-10-12-22(13-11-21)28(35)38-30(42)23-9-8-16-36-20-23/h8-16,19-20,27H,5-7,17-18,34H2,1-4H3,(H2,35,38,42). The third-order valence-corrected chi connectivity index (χ3v) is 8.50. The van der Waals surface area contributed by atoms with Gasteiger partial charge >= 0.3 is 6.09 Å². The van der Waals surface area contributed by atoms with Gasteiger partial charge in [0.1, 0.15) is 17.2 Å². The van der Waals surface area contributed by atoms with Crippen LogP contribution < -0.4 is 11.1 Å². The summed E-state index contributed by atoms with van der Waals surface area (Å²) in [6.07, 6.45) is 4.28. The van der Waals surface area contributed by atoms with Crippen LogP contribution >= 0.6 is 0 Å². The number of nitrogens with zero attached hydrogens (tertiary/aromatic N) is 5. The normalized spacial score (nSPS) is 14.9. The fourth-order valence-corrected chi connectivity index (χ4v) is 5.65. The van der Waals surface area contributed by atoms with E-state index in [1.807, 2.05) is 29.8 Å². The van der Waals surface area contributed by atoms with Gasteiger partial charge in [-0.05, 0) is 62.1 Å². The zero-order valence-electron chi connectivity index (χ0n) is 25.9. The second-order valence-corrected chi connectivity index (χ2v) is 11.2. The summed E-state index contributed by atoms with van der Waals surface area (Å²) in [5, 5.41) is 10.9. The Labute approximate surface area is 261 Å². The van der Waals surface area contributed by atoms with Crippen molar-refractivity contribution in [2.75, 3.05) is 26.7 Å². The molecule has 0 bridgehead atoms. The second-order valence-electron chi connectivity index (χ2n) is 11.2. The molecule has 1 aliphatic heterocycles. The maximum Gasteiger partial charge on any atom is 0.410 e. The molecular formula is C33H38N8O4. The number of ether oxygens (including phenoxy) is 1. The van der Waals surface area contributed by atoms with E-state index in [2.05, 4.69) is 10.3 Å². The van der Waals surface area contributed by atoms with Gasteiger partial charge in [-0.3, -0.25) is 24.9 Å². The van der Waals surface area contributed by atoms with Crippen molar-refractivity contribution in [3.63, 3.8) is 0 Å². The monoisotopic (exact) mass is 610 g/mol. The van der Waals surface area contributed by atoms with E-state index in [9.17, 15) is 14.4 Å². The minimum atomic E-state index is -1.31. The number of carbonyl (C=O) groups is 3. The molecule has 3 heterocycles. The zero-order chi connectivity index (χ0) is 32.3. The molecule has 4 N–H and O–H groups in total. The van der Waals surface area contributed by atoms with Gasteiger partial charge in [-0.2, -0.15) is 0 Å². The van der Waals surface area contributed by atoms with Crippen molar-refractivity contribution in [2.45, 2.75) is 38.3 Å². The Morgan fingerprint density at radius 2 is 1.82 bits per heavy atom. The van der Waals surface area contributed by atoms with Crippen LogP contribution in [0.15, 0.2) is 67.0 Å². The van der Waals surface area contributed by atoms with Crippen LogP contribution in [0.2, 0.25) is 0 Å². The minimum Gasteiger partial charge on any atom is -0.450 e. The maximum absolute atomic E-state index is 13.9. The SMILES string of the molecule is CCOC(=O)N(C)C(C)(C(=O)N1CCCC1)c1ccc2c(c1)nc(C(N)c1ccc(C(=N)NC(=O)c3cccnc3)cc1)n2C. The minimum absolute atomic E-state index is 0.0430. The highest BCUT2D eigenvalue weighted by Crippen LogP contribution is 2.34. The summed E-state index contributed by atoms with van der Waals surface area (Å²) in [6, 6.07) is 15.3. The quantitative estimate of drug-likeness (QED) is 0.203. The molecule has 0 saturated carbocycles. The summed E-state index contributed by atoms with van der Waals surface area (Å²) in [5.74, 6) is -0.0237. The van der Waals surface area contributed by atoms with Gasteiger partial charge in [0.25, 0.3) is 11.8 Å². The topological polar surface area (TPSA) is 160 Å². The van der Waals surface area contributed by atoms with Gasteiger partial charge < -0.3 is 25.3 Å². The first-order chi connectivity index (χ1) is 21.6. The molecular weight excluding hydrogens is 572 g/mol. The van der Waals surface area contributed by atoms with Crippen molar-refractivity contribution in [3.05, 3.63) is 95.1 Å². The van der Waals surface area contributed by atoms with Crippen molar-refractivity contribution >= 4 is 34.8 Å². The third-order valence-electron chi connectivity index (χ3n) is 8.50. The van der Waals surface area contributed by atoms with Gasteiger partial charge in [0.15, 0.2) is 0 Å². The van der Waals surface area contributed by atoms with Crippen LogP contribution in [-0.2, 0) is 22.1 Å². The first kappa shape index (κ1) is 31.3. The first-order valence-corrected chi connectivity index (χ1v) is 14.9. The summed E-state index contributed by atoms with van der Waals surface area (Å²) in [4.78, 5) is 51.2. The van der Waals surface area contributed by atoms with E-state index in [1.165, 1.54) is 11.1 Å². The molecule has 3 amide bonds. The third kappa shape index (κ3) is 6.01. The Hall–Kier alpha value is -5.10. The molecule has 1 fully saturated rings. The van der Waals surface area contributed by atoms with Crippen LogP contribution in [0.25, 0.3) is 11.0 Å². The summed E-state index contributed by atoms with van der Waals surface area (Å²) in [7, 11) is 3.46. The van der Waals surface area contributed by atoms with Crippen LogP contribution in [0.3, 0.4) is 0 Å². The largest absolute Gasteiger partial charge is 0.450 e. The molecule has 0 spiro atoms. The van der Waals surface area contributed by atoms with Crippen molar-refractivity contribution in [3.8, 4) is 0 Å². The van der Waals surface area contributed by atoms with Crippen molar-refractivity contribution in [1.82, 2.24) is 29.7 Å². The van der Waals surface area contributed by atoms with Gasteiger partial charge in [0.05, 0.1) is 29.2 Å². The molecule has 45 heavy (non-hydrogen) atoms. The number of fused-ring (bicyclic) bond motifs is 1. The number of imidazole rings is 1. The first-order valence-electron chi connectivity index (χ1n) is 14.9. The van der Waals surface area contributed by atoms with Crippen LogP contribution in [-0.4, -0.2) is 74.8 Å². The van der Waals surface area contributed by atoms with Crippen molar-refractivity contribution in [1.29, 1.82) is 5.41 Å². The van der Waals surface area contributed by atoms with Crippen molar-refractivity contribution in [2.24, 2.45) is 12.8 Å². The highest BCUT2D eigenvalue weighted by Gasteiger charge is 2.45. The smallest absolute Gasteiger partial charge is 0.410 e. The van der Waals surface area contributed by atoms with E-state index >= 15 is 0 Å². The summed E-state index contributed by atoms with van der Waals surface area (Å²) in [6.45, 7) is 4.96. The van der Waals surface area contributed by atoms with Gasteiger partial charge in [-0.15, -0.1) is 0 Å². The lowest BCUT2D eigenvalue weighted by molar-refractivity contribution is -0.141. The average Bonchev–Trinajstić information content (AvgIpc) is 3.72. The summed E-state index contributed by atoms with van der Waals surface area (Å²) >= 11 is 0.